The van der Waals surface area contributed by atoms with Gasteiger partial charge in [-0.3, -0.25) is 14.6 Å². The van der Waals surface area contributed by atoms with Crippen LogP contribution in [0.25, 0.3) is 16.6 Å². The van der Waals surface area contributed by atoms with E-state index in [1.54, 1.807) is 6.08 Å². The predicted molar refractivity (Wildman–Crippen MR) is 118 cm³/mol. The maximum atomic E-state index is 12.7. The Morgan fingerprint density at radius 2 is 2.03 bits per heavy atom. The highest BCUT2D eigenvalue weighted by Crippen LogP contribution is 2.35. The number of nitrogens with two attached hydrogens (primary N) is 1. The average Bonchev–Trinajstić information content (AvgIpc) is 3.44. The van der Waals surface area contributed by atoms with Crippen LogP contribution in [-0.4, -0.2) is 44.2 Å². The van der Waals surface area contributed by atoms with Crippen molar-refractivity contribution < 1.29 is 4.79 Å². The van der Waals surface area contributed by atoms with Crippen LogP contribution in [0.3, 0.4) is 0 Å². The first-order valence-corrected chi connectivity index (χ1v) is 10.7. The minimum absolute atomic E-state index is 0.0461. The number of fused-ring (bicyclic) bond motifs is 2. The van der Waals surface area contributed by atoms with Gasteiger partial charge >= 0.3 is 0 Å². The highest BCUT2D eigenvalue weighted by molar-refractivity contribution is 7.16. The number of benzene rings is 1. The summed E-state index contributed by atoms with van der Waals surface area (Å²) < 4.78 is 1.46. The van der Waals surface area contributed by atoms with E-state index < -0.39 is 5.56 Å². The molecular weight excluding hydrogens is 400 g/mol. The van der Waals surface area contributed by atoms with Gasteiger partial charge in [0.05, 0.1) is 17.7 Å². The molecule has 1 aromatic carbocycles. The first-order chi connectivity index (χ1) is 14.5. The molecule has 0 saturated carbocycles. The molecule has 30 heavy (non-hydrogen) atoms. The van der Waals surface area contributed by atoms with Crippen molar-refractivity contribution >= 4 is 51.1 Å². The molecule has 2 aliphatic rings. The fourth-order valence-corrected chi connectivity index (χ4v) is 4.78. The quantitative estimate of drug-likeness (QED) is 0.701. The number of carbonyl (C=O) groups is 1. The minimum Gasteiger partial charge on any atom is -0.383 e. The van der Waals surface area contributed by atoms with Crippen LogP contribution < -0.4 is 11.3 Å². The van der Waals surface area contributed by atoms with Crippen molar-refractivity contribution in [3.8, 4) is 0 Å². The molecule has 0 bridgehead atoms. The standard InChI is InChI=1S/C21H20N6O2S/c1-12-14(13-6-2-3-7-16(13)23-12)10-15-19(22)27-21(24-20(15)29)30-17(25-27)11-18(28)26-8-4-5-9-26/h2-3,6-7,10H,4-5,8-9,11,22H2,1H3. The van der Waals surface area contributed by atoms with Gasteiger partial charge in [0.2, 0.25) is 10.9 Å². The van der Waals surface area contributed by atoms with Crippen LogP contribution >= 0.6 is 11.3 Å². The molecule has 0 unspecified atom stereocenters. The minimum atomic E-state index is -0.418. The summed E-state index contributed by atoms with van der Waals surface area (Å²) in [7, 11) is 0. The zero-order valence-corrected chi connectivity index (χ0v) is 17.3. The second-order valence-electron chi connectivity index (χ2n) is 7.44. The number of carbonyl (C=O) groups excluding carboxylic acids is 1. The van der Waals surface area contributed by atoms with Gasteiger partial charge in [-0.2, -0.15) is 14.6 Å². The van der Waals surface area contributed by atoms with Crippen molar-refractivity contribution in [2.75, 3.05) is 18.8 Å². The second kappa shape index (κ2) is 7.17. The van der Waals surface area contributed by atoms with Crippen LogP contribution in [0.5, 0.6) is 0 Å². The number of amides is 1. The summed E-state index contributed by atoms with van der Waals surface area (Å²) in [4.78, 5) is 36.1. The Bertz CT molecular complexity index is 1300. The van der Waals surface area contributed by atoms with Gasteiger partial charge in [-0.25, -0.2) is 0 Å². The topological polar surface area (TPSA) is 106 Å². The van der Waals surface area contributed by atoms with Crippen LogP contribution in [0.1, 0.15) is 35.9 Å². The highest BCUT2D eigenvalue weighted by atomic mass is 32.1. The van der Waals surface area contributed by atoms with Crippen molar-refractivity contribution in [2.24, 2.45) is 4.99 Å². The number of nitrogens with zero attached hydrogens (tertiary/aromatic N) is 5. The first-order valence-electron chi connectivity index (χ1n) is 9.84. The molecular formula is C21H20N6O2S. The molecule has 9 heteroatoms. The number of allylic oxidation sites excluding steroid dienone is 1. The van der Waals surface area contributed by atoms with Gasteiger partial charge in [-0.15, -0.1) is 0 Å². The van der Waals surface area contributed by atoms with E-state index in [-0.39, 0.29) is 23.7 Å². The Morgan fingerprint density at radius 1 is 1.27 bits per heavy atom. The van der Waals surface area contributed by atoms with E-state index in [0.717, 1.165) is 48.5 Å². The molecule has 1 amide bonds. The highest BCUT2D eigenvalue weighted by Gasteiger charge is 2.22. The largest absolute Gasteiger partial charge is 0.383 e. The fourth-order valence-electron chi connectivity index (χ4n) is 3.90. The van der Waals surface area contributed by atoms with E-state index in [1.165, 1.54) is 15.9 Å². The third kappa shape index (κ3) is 3.11. The van der Waals surface area contributed by atoms with E-state index in [4.69, 9.17) is 5.73 Å². The molecule has 152 valence electrons. The molecule has 2 aliphatic heterocycles. The Hall–Kier alpha value is -3.33. The number of para-hydroxylation sites is 1. The van der Waals surface area contributed by atoms with Gasteiger partial charge in [0, 0.05) is 29.9 Å². The second-order valence-corrected chi connectivity index (χ2v) is 8.48. The summed E-state index contributed by atoms with van der Waals surface area (Å²) in [6.07, 6.45) is 4.00. The molecule has 0 spiro atoms. The van der Waals surface area contributed by atoms with Crippen LogP contribution in [-0.2, 0) is 11.2 Å². The number of aromatic nitrogens is 3. The third-order valence-electron chi connectivity index (χ3n) is 5.46. The zero-order valence-electron chi connectivity index (χ0n) is 16.5. The van der Waals surface area contributed by atoms with Crippen LogP contribution in [0.15, 0.2) is 34.1 Å². The molecule has 0 aliphatic carbocycles. The fraction of sp³-hybridized carbons (Fsp3) is 0.286. The SMILES string of the molecule is CC1=Nc2ccccc2C1=Cc1c(N)n2nc(CC(=O)N3CCCC3)sc2nc1=O. The summed E-state index contributed by atoms with van der Waals surface area (Å²) in [6.45, 7) is 3.49. The zero-order chi connectivity index (χ0) is 20.8. The van der Waals surface area contributed by atoms with Crippen molar-refractivity contribution in [3.05, 3.63) is 50.8 Å². The Morgan fingerprint density at radius 3 is 2.83 bits per heavy atom. The van der Waals surface area contributed by atoms with Gasteiger partial charge in [0.1, 0.15) is 10.8 Å². The average molecular weight is 420 g/mol. The molecule has 1 fully saturated rings. The number of nitrogen functional groups attached to an aromatic ring is 1. The Kier molecular flexibility index (Phi) is 4.47. The van der Waals surface area contributed by atoms with E-state index in [2.05, 4.69) is 15.1 Å². The summed E-state index contributed by atoms with van der Waals surface area (Å²) in [6, 6.07) is 7.76. The first kappa shape index (κ1) is 18.7. The molecule has 2 N–H and O–H groups in total. The van der Waals surface area contributed by atoms with Gasteiger partial charge in [-0.1, -0.05) is 29.5 Å². The lowest BCUT2D eigenvalue weighted by atomic mass is 10.0. The summed E-state index contributed by atoms with van der Waals surface area (Å²) in [5, 5.41) is 5.06. The number of likely N-dealkylation sites (tertiary alicyclic amines) is 1. The lowest BCUT2D eigenvalue weighted by molar-refractivity contribution is -0.129. The monoisotopic (exact) mass is 420 g/mol. The Labute approximate surface area is 176 Å². The van der Waals surface area contributed by atoms with Crippen molar-refractivity contribution in [2.45, 2.75) is 26.2 Å². The van der Waals surface area contributed by atoms with Crippen LogP contribution in [0.4, 0.5) is 11.5 Å². The number of hydrogen-bond donors (Lipinski definition) is 1. The molecule has 2 aromatic heterocycles. The third-order valence-corrected chi connectivity index (χ3v) is 6.36. The van der Waals surface area contributed by atoms with E-state index in [0.29, 0.717) is 9.97 Å². The van der Waals surface area contributed by atoms with Crippen LogP contribution in [0, 0.1) is 0 Å². The molecule has 0 atom stereocenters. The van der Waals surface area contributed by atoms with Crippen molar-refractivity contribution in [1.82, 2.24) is 19.5 Å². The normalized spacial score (nSPS) is 17.0. The number of anilines is 1. The van der Waals surface area contributed by atoms with Gasteiger partial charge in [0.15, 0.2) is 0 Å². The summed E-state index contributed by atoms with van der Waals surface area (Å²) >= 11 is 1.22. The van der Waals surface area contributed by atoms with E-state index in [9.17, 15) is 9.59 Å². The maximum absolute atomic E-state index is 12.7. The van der Waals surface area contributed by atoms with Crippen molar-refractivity contribution in [3.63, 3.8) is 0 Å². The lowest BCUT2D eigenvalue weighted by Crippen LogP contribution is -2.29. The lowest BCUT2D eigenvalue weighted by Gasteiger charge is -2.13. The number of aliphatic imine (C=N–C) groups is 1. The summed E-state index contributed by atoms with van der Waals surface area (Å²) in [5.41, 5.74) is 9.65. The molecule has 4 heterocycles. The van der Waals surface area contributed by atoms with Gasteiger partial charge < -0.3 is 10.6 Å². The van der Waals surface area contributed by atoms with E-state index >= 15 is 0 Å². The molecule has 5 rings (SSSR count). The molecule has 3 aromatic rings. The molecule has 8 nitrogen and oxygen atoms in total. The maximum Gasteiger partial charge on any atom is 0.283 e. The number of rotatable bonds is 3. The molecule has 0 radical (unpaired) electrons. The van der Waals surface area contributed by atoms with Gasteiger partial charge in [-0.05, 0) is 31.9 Å². The predicted octanol–water partition coefficient (Wildman–Crippen LogP) is 2.54. The number of hydrogen-bond acceptors (Lipinski definition) is 7. The molecule has 1 saturated heterocycles. The van der Waals surface area contributed by atoms with Crippen LogP contribution in [0.2, 0.25) is 0 Å². The Balaban J connectivity index is 1.54. The van der Waals surface area contributed by atoms with Gasteiger partial charge in [0.25, 0.3) is 5.56 Å². The van der Waals surface area contributed by atoms with Crippen molar-refractivity contribution in [1.29, 1.82) is 0 Å². The van der Waals surface area contributed by atoms with E-state index in [1.807, 2.05) is 36.1 Å². The summed E-state index contributed by atoms with van der Waals surface area (Å²) in [5.74, 6) is 0.260. The smallest absolute Gasteiger partial charge is 0.283 e.